The van der Waals surface area contributed by atoms with Gasteiger partial charge >= 0.3 is 0 Å². The first-order valence-corrected chi connectivity index (χ1v) is 6.33. The summed E-state index contributed by atoms with van der Waals surface area (Å²) in [6.45, 7) is 1.64. The molecule has 0 aliphatic rings. The van der Waals surface area contributed by atoms with Gasteiger partial charge < -0.3 is 10.5 Å². The third-order valence-electron chi connectivity index (χ3n) is 2.18. The fourth-order valence-corrected chi connectivity index (χ4v) is 1.87. The molecule has 1 heterocycles. The van der Waals surface area contributed by atoms with Crippen molar-refractivity contribution in [1.82, 2.24) is 15.0 Å². The van der Waals surface area contributed by atoms with Crippen molar-refractivity contribution in [2.75, 3.05) is 6.61 Å². The summed E-state index contributed by atoms with van der Waals surface area (Å²) >= 11 is 2.26. The van der Waals surface area contributed by atoms with E-state index in [9.17, 15) is 0 Å². The maximum absolute atomic E-state index is 5.61. The van der Waals surface area contributed by atoms with E-state index in [2.05, 4.69) is 32.9 Å². The van der Waals surface area contributed by atoms with Crippen molar-refractivity contribution in [2.24, 2.45) is 5.73 Å². The molecule has 5 nitrogen and oxygen atoms in total. The van der Waals surface area contributed by atoms with Gasteiger partial charge in [0, 0.05) is 16.3 Å². The molecule has 0 amide bonds. The van der Waals surface area contributed by atoms with E-state index in [0.29, 0.717) is 19.7 Å². The van der Waals surface area contributed by atoms with Crippen molar-refractivity contribution in [1.29, 1.82) is 0 Å². The molecule has 0 fully saturated rings. The summed E-state index contributed by atoms with van der Waals surface area (Å²) in [6, 6.07) is 7.93. The third-order valence-corrected chi connectivity index (χ3v) is 2.85. The normalized spacial score (nSPS) is 10.5. The highest BCUT2D eigenvalue weighted by molar-refractivity contribution is 14.1. The number of hydrogen-bond donors (Lipinski definition) is 1. The zero-order valence-corrected chi connectivity index (χ0v) is 11.4. The number of aromatic nitrogens is 3. The SMILES string of the molecule is NCc1cn(CCOc2cccc(I)c2)nn1. The summed E-state index contributed by atoms with van der Waals surface area (Å²) in [7, 11) is 0. The molecule has 1 aromatic heterocycles. The van der Waals surface area contributed by atoms with Gasteiger partial charge in [-0.25, -0.2) is 4.68 Å². The predicted molar refractivity (Wildman–Crippen MR) is 72.6 cm³/mol. The van der Waals surface area contributed by atoms with Crippen molar-refractivity contribution in [3.63, 3.8) is 0 Å². The Balaban J connectivity index is 1.83. The first-order valence-electron chi connectivity index (χ1n) is 5.25. The lowest BCUT2D eigenvalue weighted by Crippen LogP contribution is -2.08. The number of hydrogen-bond acceptors (Lipinski definition) is 4. The predicted octanol–water partition coefficient (Wildman–Crippen LogP) is 1.42. The van der Waals surface area contributed by atoms with E-state index in [4.69, 9.17) is 10.5 Å². The Morgan fingerprint density at radius 2 is 2.29 bits per heavy atom. The number of ether oxygens (including phenoxy) is 1. The summed E-state index contributed by atoms with van der Waals surface area (Å²) in [5, 5.41) is 7.85. The number of nitrogens with two attached hydrogens (primary N) is 1. The number of nitrogens with zero attached hydrogens (tertiary/aromatic N) is 3. The van der Waals surface area contributed by atoms with Gasteiger partial charge in [-0.15, -0.1) is 5.10 Å². The van der Waals surface area contributed by atoms with Crippen molar-refractivity contribution in [3.05, 3.63) is 39.7 Å². The Morgan fingerprint density at radius 1 is 1.41 bits per heavy atom. The van der Waals surface area contributed by atoms with Crippen LogP contribution >= 0.6 is 22.6 Å². The Bertz CT molecular complexity index is 486. The first-order chi connectivity index (χ1) is 8.28. The smallest absolute Gasteiger partial charge is 0.120 e. The van der Waals surface area contributed by atoms with Crippen molar-refractivity contribution < 1.29 is 4.74 Å². The maximum Gasteiger partial charge on any atom is 0.120 e. The van der Waals surface area contributed by atoms with Gasteiger partial charge in [0.15, 0.2) is 0 Å². The van der Waals surface area contributed by atoms with Crippen LogP contribution in [0, 0.1) is 3.57 Å². The highest BCUT2D eigenvalue weighted by Crippen LogP contribution is 2.14. The molecule has 0 radical (unpaired) electrons. The van der Waals surface area contributed by atoms with Crippen LogP contribution in [0.15, 0.2) is 30.5 Å². The van der Waals surface area contributed by atoms with E-state index < -0.39 is 0 Å². The maximum atomic E-state index is 5.61. The Hall–Kier alpha value is -1.15. The van der Waals surface area contributed by atoms with Crippen molar-refractivity contribution in [3.8, 4) is 5.75 Å². The van der Waals surface area contributed by atoms with E-state index in [1.54, 1.807) is 4.68 Å². The number of rotatable bonds is 5. The molecule has 0 aliphatic carbocycles. The van der Waals surface area contributed by atoms with Crippen LogP contribution in [-0.2, 0) is 13.1 Å². The molecular weight excluding hydrogens is 331 g/mol. The minimum atomic E-state index is 0.414. The average Bonchev–Trinajstić information content (AvgIpc) is 2.77. The Labute approximate surface area is 113 Å². The molecule has 2 rings (SSSR count). The van der Waals surface area contributed by atoms with Crippen LogP contribution in [0.25, 0.3) is 0 Å². The van der Waals surface area contributed by atoms with Crippen LogP contribution in [0.4, 0.5) is 0 Å². The van der Waals surface area contributed by atoms with Gasteiger partial charge in [0.05, 0.1) is 12.2 Å². The van der Waals surface area contributed by atoms with Crippen LogP contribution in [0.2, 0.25) is 0 Å². The molecule has 2 N–H and O–H groups in total. The largest absolute Gasteiger partial charge is 0.492 e. The summed E-state index contributed by atoms with van der Waals surface area (Å²) in [5.41, 5.74) is 6.24. The quantitative estimate of drug-likeness (QED) is 0.834. The minimum absolute atomic E-state index is 0.414. The molecule has 0 atom stereocenters. The van der Waals surface area contributed by atoms with Crippen LogP contribution in [-0.4, -0.2) is 21.6 Å². The molecule has 90 valence electrons. The van der Waals surface area contributed by atoms with Gasteiger partial charge in [0.1, 0.15) is 12.4 Å². The summed E-state index contributed by atoms with van der Waals surface area (Å²) in [5.74, 6) is 0.871. The second kappa shape index (κ2) is 5.97. The molecule has 0 saturated heterocycles. The van der Waals surface area contributed by atoms with Gasteiger partial charge in [-0.3, -0.25) is 0 Å². The van der Waals surface area contributed by atoms with E-state index in [1.165, 1.54) is 0 Å². The third kappa shape index (κ3) is 3.67. The van der Waals surface area contributed by atoms with Crippen LogP contribution in [0.3, 0.4) is 0 Å². The van der Waals surface area contributed by atoms with Gasteiger partial charge in [-0.1, -0.05) is 11.3 Å². The fraction of sp³-hybridized carbons (Fsp3) is 0.273. The van der Waals surface area contributed by atoms with Crippen LogP contribution in [0.1, 0.15) is 5.69 Å². The van der Waals surface area contributed by atoms with Crippen LogP contribution in [0.5, 0.6) is 5.75 Å². The van der Waals surface area contributed by atoms with Gasteiger partial charge in [-0.05, 0) is 40.8 Å². The number of benzene rings is 1. The molecule has 0 saturated carbocycles. The molecule has 17 heavy (non-hydrogen) atoms. The Morgan fingerprint density at radius 3 is 3.00 bits per heavy atom. The van der Waals surface area contributed by atoms with Crippen molar-refractivity contribution in [2.45, 2.75) is 13.1 Å². The second-order valence-electron chi connectivity index (χ2n) is 3.48. The standard InChI is InChI=1S/C11H13IN4O/c12-9-2-1-3-11(6-9)17-5-4-16-8-10(7-13)14-15-16/h1-3,6,8H,4-5,7,13H2. The highest BCUT2D eigenvalue weighted by atomic mass is 127. The van der Waals surface area contributed by atoms with Crippen molar-refractivity contribution >= 4 is 22.6 Å². The monoisotopic (exact) mass is 344 g/mol. The molecule has 6 heteroatoms. The second-order valence-corrected chi connectivity index (χ2v) is 4.73. The molecule has 0 bridgehead atoms. The van der Waals surface area contributed by atoms with E-state index in [0.717, 1.165) is 15.0 Å². The summed E-state index contributed by atoms with van der Waals surface area (Å²) in [6.07, 6.45) is 1.83. The summed E-state index contributed by atoms with van der Waals surface area (Å²) < 4.78 is 8.50. The lowest BCUT2D eigenvalue weighted by Gasteiger charge is -2.05. The van der Waals surface area contributed by atoms with Gasteiger partial charge in [0.25, 0.3) is 0 Å². The van der Waals surface area contributed by atoms with E-state index >= 15 is 0 Å². The molecule has 1 aromatic carbocycles. The molecule has 0 unspecified atom stereocenters. The number of halogens is 1. The molecular formula is C11H13IN4O. The Kier molecular flexibility index (Phi) is 4.32. The van der Waals surface area contributed by atoms with E-state index in [1.807, 2.05) is 30.5 Å². The minimum Gasteiger partial charge on any atom is -0.492 e. The fourth-order valence-electron chi connectivity index (χ4n) is 1.36. The van der Waals surface area contributed by atoms with Gasteiger partial charge in [-0.2, -0.15) is 0 Å². The zero-order valence-electron chi connectivity index (χ0n) is 9.21. The highest BCUT2D eigenvalue weighted by Gasteiger charge is 1.99. The molecule has 2 aromatic rings. The van der Waals surface area contributed by atoms with Crippen LogP contribution < -0.4 is 10.5 Å². The lowest BCUT2D eigenvalue weighted by atomic mass is 10.3. The molecule has 0 spiro atoms. The topological polar surface area (TPSA) is 66.0 Å². The lowest BCUT2D eigenvalue weighted by molar-refractivity contribution is 0.289. The average molecular weight is 344 g/mol. The molecule has 0 aliphatic heterocycles. The zero-order chi connectivity index (χ0) is 12.1. The summed E-state index contributed by atoms with van der Waals surface area (Å²) in [4.78, 5) is 0. The van der Waals surface area contributed by atoms with Gasteiger partial charge in [0.2, 0.25) is 0 Å². The first kappa shape index (κ1) is 12.3. The van der Waals surface area contributed by atoms with E-state index in [-0.39, 0.29) is 0 Å².